The van der Waals surface area contributed by atoms with Gasteiger partial charge in [-0.25, -0.2) is 0 Å². The van der Waals surface area contributed by atoms with Gasteiger partial charge in [0.15, 0.2) is 0 Å². The highest BCUT2D eigenvalue weighted by molar-refractivity contribution is 5.45. The van der Waals surface area contributed by atoms with Crippen molar-refractivity contribution in [1.29, 1.82) is 0 Å². The molecule has 1 atom stereocenters. The summed E-state index contributed by atoms with van der Waals surface area (Å²) in [5.41, 5.74) is 3.62. The van der Waals surface area contributed by atoms with Crippen molar-refractivity contribution >= 4 is 0 Å². The van der Waals surface area contributed by atoms with E-state index in [0.29, 0.717) is 6.61 Å². The summed E-state index contributed by atoms with van der Waals surface area (Å²) < 4.78 is 6.45. The Morgan fingerprint density at radius 3 is 2.35 bits per heavy atom. The van der Waals surface area contributed by atoms with Gasteiger partial charge < -0.3 is 4.74 Å². The minimum absolute atomic E-state index is 0.0426. The van der Waals surface area contributed by atoms with Gasteiger partial charge in [0, 0.05) is 5.41 Å². The summed E-state index contributed by atoms with van der Waals surface area (Å²) in [4.78, 5) is 0. The lowest BCUT2D eigenvalue weighted by Gasteiger charge is -2.44. The van der Waals surface area contributed by atoms with Crippen molar-refractivity contribution in [2.75, 3.05) is 0 Å². The molecule has 0 aromatic heterocycles. The van der Waals surface area contributed by atoms with Crippen LogP contribution in [0.25, 0.3) is 0 Å². The number of hydrogen-bond acceptors (Lipinski definition) is 1. The molecule has 1 unspecified atom stereocenters. The number of fused-ring (bicyclic) bond motifs is 1. The maximum absolute atomic E-state index is 6.45. The first kappa shape index (κ1) is 13.4. The summed E-state index contributed by atoms with van der Waals surface area (Å²) in [6.45, 7) is 7.56. The Morgan fingerprint density at radius 2 is 1.65 bits per heavy atom. The molecule has 0 fully saturated rings. The molecule has 0 amide bonds. The third-order valence-electron chi connectivity index (χ3n) is 4.86. The molecule has 0 bridgehead atoms. The monoisotopic (exact) mass is 266 g/mol. The van der Waals surface area contributed by atoms with Crippen molar-refractivity contribution in [3.8, 4) is 0 Å². The zero-order valence-electron chi connectivity index (χ0n) is 12.5. The average molecular weight is 266 g/mol. The molecule has 1 nitrogen and oxygen atoms in total. The maximum atomic E-state index is 6.45. The Morgan fingerprint density at radius 1 is 1.00 bits per heavy atom. The Bertz CT molecular complexity index is 600. The van der Waals surface area contributed by atoms with Crippen LogP contribution in [0.5, 0.6) is 0 Å². The van der Waals surface area contributed by atoms with Crippen LogP contribution in [-0.4, -0.2) is 0 Å². The Labute approximate surface area is 121 Å². The van der Waals surface area contributed by atoms with E-state index in [0.717, 1.165) is 6.42 Å². The number of hydrogen-bond donors (Lipinski definition) is 0. The van der Waals surface area contributed by atoms with Crippen LogP contribution in [0.3, 0.4) is 0 Å². The lowest BCUT2D eigenvalue weighted by Crippen LogP contribution is -2.42. The molecule has 0 saturated heterocycles. The fourth-order valence-electron chi connectivity index (χ4n) is 3.36. The third kappa shape index (κ3) is 1.73. The summed E-state index contributed by atoms with van der Waals surface area (Å²) in [6.07, 6.45) is 1.07. The predicted octanol–water partition coefficient (Wildman–Crippen LogP) is 4.90. The molecular weight excluding hydrogens is 244 g/mol. The van der Waals surface area contributed by atoms with Gasteiger partial charge in [-0.2, -0.15) is 0 Å². The normalized spacial score (nSPS) is 21.8. The fraction of sp³-hybridized carbons (Fsp3) is 0.368. The predicted molar refractivity (Wildman–Crippen MR) is 82.5 cm³/mol. The van der Waals surface area contributed by atoms with Crippen molar-refractivity contribution in [3.63, 3.8) is 0 Å². The van der Waals surface area contributed by atoms with Crippen LogP contribution < -0.4 is 0 Å². The quantitative estimate of drug-likeness (QED) is 0.768. The molecule has 0 aliphatic carbocycles. The van der Waals surface area contributed by atoms with Crippen LogP contribution in [0, 0.1) is 5.41 Å². The topological polar surface area (TPSA) is 9.23 Å². The van der Waals surface area contributed by atoms with Gasteiger partial charge in [-0.05, 0) is 23.1 Å². The van der Waals surface area contributed by atoms with Crippen molar-refractivity contribution in [3.05, 3.63) is 71.3 Å². The van der Waals surface area contributed by atoms with E-state index in [-0.39, 0.29) is 11.0 Å². The van der Waals surface area contributed by atoms with E-state index in [1.807, 2.05) is 0 Å². The first-order chi connectivity index (χ1) is 9.62. The number of rotatable bonds is 3. The van der Waals surface area contributed by atoms with Crippen LogP contribution >= 0.6 is 0 Å². The smallest absolute Gasteiger partial charge is 0.124 e. The Balaban J connectivity index is 2.27. The van der Waals surface area contributed by atoms with Gasteiger partial charge >= 0.3 is 0 Å². The molecule has 20 heavy (non-hydrogen) atoms. The number of benzene rings is 2. The van der Waals surface area contributed by atoms with E-state index in [2.05, 4.69) is 75.4 Å². The molecule has 0 radical (unpaired) electrons. The van der Waals surface area contributed by atoms with Crippen molar-refractivity contribution in [2.24, 2.45) is 5.41 Å². The van der Waals surface area contributed by atoms with Crippen LogP contribution in [0.4, 0.5) is 0 Å². The van der Waals surface area contributed by atoms with E-state index in [4.69, 9.17) is 4.74 Å². The van der Waals surface area contributed by atoms with E-state index < -0.39 is 0 Å². The lowest BCUT2D eigenvalue weighted by atomic mass is 9.66. The molecule has 104 valence electrons. The summed E-state index contributed by atoms with van der Waals surface area (Å²) >= 11 is 0. The van der Waals surface area contributed by atoms with E-state index in [9.17, 15) is 0 Å². The van der Waals surface area contributed by atoms with E-state index >= 15 is 0 Å². The molecule has 1 heteroatoms. The molecule has 2 aromatic carbocycles. The van der Waals surface area contributed by atoms with Crippen LogP contribution in [0.1, 0.15) is 43.9 Å². The van der Waals surface area contributed by atoms with Gasteiger partial charge in [0.1, 0.15) is 5.60 Å². The molecule has 3 rings (SSSR count). The summed E-state index contributed by atoms with van der Waals surface area (Å²) in [7, 11) is 0. The van der Waals surface area contributed by atoms with Gasteiger partial charge in [0.2, 0.25) is 0 Å². The zero-order chi connectivity index (χ0) is 14.2. The molecule has 0 N–H and O–H groups in total. The van der Waals surface area contributed by atoms with Gasteiger partial charge in [-0.1, -0.05) is 75.4 Å². The molecule has 0 spiro atoms. The number of ether oxygens (including phenoxy) is 1. The average Bonchev–Trinajstić information content (AvgIpc) is 2.89. The third-order valence-corrected chi connectivity index (χ3v) is 4.86. The second kappa shape index (κ2) is 4.75. The van der Waals surface area contributed by atoms with Crippen LogP contribution in [-0.2, 0) is 16.9 Å². The SMILES string of the molecule is CCC(C)(C)C1(c2ccccc2)OCc2ccccc21. The molecule has 0 saturated carbocycles. The fourth-order valence-corrected chi connectivity index (χ4v) is 3.36. The minimum Gasteiger partial charge on any atom is -0.360 e. The van der Waals surface area contributed by atoms with Crippen LogP contribution in [0.2, 0.25) is 0 Å². The highest BCUT2D eigenvalue weighted by Crippen LogP contribution is 2.54. The van der Waals surface area contributed by atoms with Gasteiger partial charge in [0.25, 0.3) is 0 Å². The molecule has 1 aliphatic heterocycles. The zero-order valence-corrected chi connectivity index (χ0v) is 12.5. The summed E-state index contributed by atoms with van der Waals surface area (Å²) in [5, 5.41) is 0. The van der Waals surface area contributed by atoms with Crippen LogP contribution in [0.15, 0.2) is 54.6 Å². The first-order valence-corrected chi connectivity index (χ1v) is 7.40. The highest BCUT2D eigenvalue weighted by atomic mass is 16.5. The molecular formula is C19H22O. The van der Waals surface area contributed by atoms with E-state index in [1.54, 1.807) is 0 Å². The maximum Gasteiger partial charge on any atom is 0.124 e. The first-order valence-electron chi connectivity index (χ1n) is 7.40. The second-order valence-electron chi connectivity index (χ2n) is 6.23. The molecule has 1 aliphatic rings. The van der Waals surface area contributed by atoms with Gasteiger partial charge in [0.05, 0.1) is 6.61 Å². The van der Waals surface area contributed by atoms with Gasteiger partial charge in [-0.15, -0.1) is 0 Å². The van der Waals surface area contributed by atoms with Crippen molar-refractivity contribution < 1.29 is 4.74 Å². The molecule has 1 heterocycles. The molecule has 2 aromatic rings. The summed E-state index contributed by atoms with van der Waals surface area (Å²) in [5.74, 6) is 0. The van der Waals surface area contributed by atoms with Crippen molar-refractivity contribution in [2.45, 2.75) is 39.4 Å². The highest BCUT2D eigenvalue weighted by Gasteiger charge is 2.51. The largest absolute Gasteiger partial charge is 0.360 e. The van der Waals surface area contributed by atoms with E-state index in [1.165, 1.54) is 16.7 Å². The summed E-state index contributed by atoms with van der Waals surface area (Å²) in [6, 6.07) is 19.3. The second-order valence-corrected chi connectivity index (χ2v) is 6.23. The standard InChI is InChI=1S/C19H22O/c1-4-18(2,3)19(16-11-6-5-7-12-16)17-13-9-8-10-15(17)14-20-19/h5-13H,4,14H2,1-3H3. The van der Waals surface area contributed by atoms with Gasteiger partial charge in [-0.3, -0.25) is 0 Å². The lowest BCUT2D eigenvalue weighted by molar-refractivity contribution is -0.0907. The Kier molecular flexibility index (Phi) is 3.18. The van der Waals surface area contributed by atoms with Crippen molar-refractivity contribution in [1.82, 2.24) is 0 Å². The minimum atomic E-state index is -0.334. The Hall–Kier alpha value is -1.60.